The van der Waals surface area contributed by atoms with Crippen molar-refractivity contribution >= 4 is 0 Å². The van der Waals surface area contributed by atoms with Crippen molar-refractivity contribution in [3.05, 3.63) is 47.5 Å². The Hall–Kier alpha value is -2.36. The predicted octanol–water partition coefficient (Wildman–Crippen LogP) is 3.57. The molecule has 0 spiro atoms. The molecule has 0 aromatic heterocycles. The molecule has 1 unspecified atom stereocenters. The zero-order valence-electron chi connectivity index (χ0n) is 12.8. The molecule has 0 aliphatic rings. The van der Waals surface area contributed by atoms with Crippen LogP contribution < -0.4 is 0 Å². The van der Waals surface area contributed by atoms with Crippen LogP contribution in [0.2, 0.25) is 0 Å². The Bertz CT molecular complexity index is 594. The molecule has 4 N–H and O–H groups in total. The Kier molecular flexibility index (Phi) is 4.81. The van der Waals surface area contributed by atoms with E-state index in [1.165, 1.54) is 12.1 Å². The first-order valence-electron chi connectivity index (χ1n) is 7.38. The summed E-state index contributed by atoms with van der Waals surface area (Å²) >= 11 is 0. The average molecular weight is 302 g/mol. The number of phenols is 4. The maximum Gasteiger partial charge on any atom is 0.157 e. The van der Waals surface area contributed by atoms with Gasteiger partial charge in [0.15, 0.2) is 23.0 Å². The molecule has 2 atom stereocenters. The van der Waals surface area contributed by atoms with Gasteiger partial charge in [0.05, 0.1) is 0 Å². The molecular formula is C18H22O4. The number of hydrogen-bond acceptors (Lipinski definition) is 4. The summed E-state index contributed by atoms with van der Waals surface area (Å²) < 4.78 is 0. The molecule has 0 aliphatic heterocycles. The summed E-state index contributed by atoms with van der Waals surface area (Å²) in [7, 11) is 0. The van der Waals surface area contributed by atoms with Crippen LogP contribution in [0.1, 0.15) is 25.0 Å². The second-order valence-electron chi connectivity index (χ2n) is 6.01. The largest absolute Gasteiger partial charge is 0.504 e. The minimum atomic E-state index is -0.107. The molecule has 0 saturated carbocycles. The molecule has 0 aliphatic carbocycles. The molecule has 118 valence electrons. The van der Waals surface area contributed by atoms with Gasteiger partial charge in [0.1, 0.15) is 0 Å². The summed E-state index contributed by atoms with van der Waals surface area (Å²) in [6, 6.07) is 9.80. The van der Waals surface area contributed by atoms with Crippen molar-refractivity contribution in [3.8, 4) is 23.0 Å². The lowest BCUT2D eigenvalue weighted by atomic mass is 9.85. The summed E-state index contributed by atoms with van der Waals surface area (Å²) in [6.45, 7) is 4.27. The van der Waals surface area contributed by atoms with Crippen LogP contribution in [0, 0.1) is 11.8 Å². The Morgan fingerprint density at radius 2 is 1.00 bits per heavy atom. The third-order valence-electron chi connectivity index (χ3n) is 4.17. The monoisotopic (exact) mass is 302 g/mol. The topological polar surface area (TPSA) is 80.9 Å². The van der Waals surface area contributed by atoms with Crippen LogP contribution in [0.3, 0.4) is 0 Å². The fourth-order valence-electron chi connectivity index (χ4n) is 2.54. The van der Waals surface area contributed by atoms with Crippen LogP contribution in [-0.2, 0) is 12.8 Å². The third-order valence-corrected chi connectivity index (χ3v) is 4.17. The fraction of sp³-hybridized carbons (Fsp3) is 0.333. The SMILES string of the molecule is CC(Cc1ccc(O)c(O)c1)[C@@H](C)Cc1ccc(O)c(O)c1. The highest BCUT2D eigenvalue weighted by Crippen LogP contribution is 2.30. The molecule has 2 aromatic carbocycles. The Morgan fingerprint density at radius 1 is 0.636 bits per heavy atom. The maximum absolute atomic E-state index is 9.54. The van der Waals surface area contributed by atoms with Gasteiger partial charge in [-0.25, -0.2) is 0 Å². The van der Waals surface area contributed by atoms with E-state index in [1.54, 1.807) is 12.1 Å². The summed E-state index contributed by atoms with van der Waals surface area (Å²) in [6.07, 6.45) is 1.58. The van der Waals surface area contributed by atoms with Crippen molar-refractivity contribution in [2.24, 2.45) is 11.8 Å². The van der Waals surface area contributed by atoms with E-state index in [9.17, 15) is 20.4 Å². The standard InChI is InChI=1S/C18H22O4/c1-11(7-13-3-5-15(19)17(21)9-13)12(2)8-14-4-6-16(20)18(22)10-14/h3-6,9-12,19-22H,7-8H2,1-2H3/t11-,12?/m0/s1. The van der Waals surface area contributed by atoms with Gasteiger partial charge in [0.2, 0.25) is 0 Å². The Labute approximate surface area is 130 Å². The van der Waals surface area contributed by atoms with Gasteiger partial charge in [-0.15, -0.1) is 0 Å². The second kappa shape index (κ2) is 6.60. The van der Waals surface area contributed by atoms with E-state index in [0.717, 1.165) is 24.0 Å². The minimum Gasteiger partial charge on any atom is -0.504 e. The summed E-state index contributed by atoms with van der Waals surface area (Å²) in [5, 5.41) is 37.8. The number of hydrogen-bond donors (Lipinski definition) is 4. The summed E-state index contributed by atoms with van der Waals surface area (Å²) in [5.41, 5.74) is 1.95. The Morgan fingerprint density at radius 3 is 1.32 bits per heavy atom. The molecule has 0 saturated heterocycles. The molecule has 0 bridgehead atoms. The highest BCUT2D eigenvalue weighted by molar-refractivity contribution is 5.41. The lowest BCUT2D eigenvalue weighted by Crippen LogP contribution is -2.13. The van der Waals surface area contributed by atoms with E-state index >= 15 is 0 Å². The molecule has 4 nitrogen and oxygen atoms in total. The van der Waals surface area contributed by atoms with E-state index in [-0.39, 0.29) is 23.0 Å². The van der Waals surface area contributed by atoms with Crippen molar-refractivity contribution < 1.29 is 20.4 Å². The van der Waals surface area contributed by atoms with E-state index in [0.29, 0.717) is 11.8 Å². The quantitative estimate of drug-likeness (QED) is 0.637. The highest BCUT2D eigenvalue weighted by atomic mass is 16.3. The van der Waals surface area contributed by atoms with Crippen LogP contribution in [0.4, 0.5) is 0 Å². The van der Waals surface area contributed by atoms with Crippen LogP contribution in [-0.4, -0.2) is 20.4 Å². The molecule has 0 radical (unpaired) electrons. The first-order chi connectivity index (χ1) is 10.4. The van der Waals surface area contributed by atoms with Gasteiger partial charge in [-0.2, -0.15) is 0 Å². The highest BCUT2D eigenvalue weighted by Gasteiger charge is 2.15. The summed E-state index contributed by atoms with van der Waals surface area (Å²) in [4.78, 5) is 0. The Balaban J connectivity index is 2.00. The van der Waals surface area contributed by atoms with Crippen molar-refractivity contribution in [2.45, 2.75) is 26.7 Å². The smallest absolute Gasteiger partial charge is 0.157 e. The van der Waals surface area contributed by atoms with E-state index in [2.05, 4.69) is 13.8 Å². The molecule has 4 heteroatoms. The number of rotatable bonds is 5. The molecule has 0 fully saturated rings. The van der Waals surface area contributed by atoms with Crippen LogP contribution in [0.15, 0.2) is 36.4 Å². The fourth-order valence-corrected chi connectivity index (χ4v) is 2.54. The second-order valence-corrected chi connectivity index (χ2v) is 6.01. The van der Waals surface area contributed by atoms with E-state index < -0.39 is 0 Å². The minimum absolute atomic E-state index is 0.0965. The van der Waals surface area contributed by atoms with Gasteiger partial charge in [-0.3, -0.25) is 0 Å². The summed E-state index contributed by atoms with van der Waals surface area (Å²) in [5.74, 6) is 0.314. The van der Waals surface area contributed by atoms with Crippen molar-refractivity contribution in [1.29, 1.82) is 0 Å². The number of phenolic OH excluding ortho intramolecular Hbond substituents is 4. The molecule has 2 aromatic rings. The predicted molar refractivity (Wildman–Crippen MR) is 85.3 cm³/mol. The van der Waals surface area contributed by atoms with Crippen LogP contribution in [0.5, 0.6) is 23.0 Å². The van der Waals surface area contributed by atoms with Gasteiger partial charge in [-0.05, 0) is 60.1 Å². The first kappa shape index (κ1) is 16.0. The number of aromatic hydroxyl groups is 4. The van der Waals surface area contributed by atoms with Crippen molar-refractivity contribution in [1.82, 2.24) is 0 Å². The molecule has 2 rings (SSSR count). The third kappa shape index (κ3) is 3.85. The number of benzene rings is 2. The van der Waals surface area contributed by atoms with Gasteiger partial charge < -0.3 is 20.4 Å². The normalized spacial score (nSPS) is 13.7. The van der Waals surface area contributed by atoms with Crippen LogP contribution in [0.25, 0.3) is 0 Å². The average Bonchev–Trinajstić information content (AvgIpc) is 2.46. The van der Waals surface area contributed by atoms with Gasteiger partial charge in [-0.1, -0.05) is 26.0 Å². The van der Waals surface area contributed by atoms with E-state index in [1.807, 2.05) is 12.1 Å². The van der Waals surface area contributed by atoms with Crippen LogP contribution >= 0.6 is 0 Å². The van der Waals surface area contributed by atoms with E-state index in [4.69, 9.17) is 0 Å². The molecule has 0 amide bonds. The zero-order chi connectivity index (χ0) is 16.3. The zero-order valence-corrected chi connectivity index (χ0v) is 12.8. The van der Waals surface area contributed by atoms with Gasteiger partial charge in [0, 0.05) is 0 Å². The molecule has 0 heterocycles. The van der Waals surface area contributed by atoms with Crippen molar-refractivity contribution in [2.75, 3.05) is 0 Å². The lowest BCUT2D eigenvalue weighted by molar-refractivity contribution is 0.377. The maximum atomic E-state index is 9.54. The molecule has 22 heavy (non-hydrogen) atoms. The van der Waals surface area contributed by atoms with Crippen molar-refractivity contribution in [3.63, 3.8) is 0 Å². The first-order valence-corrected chi connectivity index (χ1v) is 7.38. The van der Waals surface area contributed by atoms with Gasteiger partial charge >= 0.3 is 0 Å². The molecular weight excluding hydrogens is 280 g/mol. The van der Waals surface area contributed by atoms with Gasteiger partial charge in [0.25, 0.3) is 0 Å². The lowest BCUT2D eigenvalue weighted by Gasteiger charge is -2.20.